The molecule has 0 radical (unpaired) electrons. The van der Waals surface area contributed by atoms with Crippen LogP contribution in [0.3, 0.4) is 0 Å². The van der Waals surface area contributed by atoms with Gasteiger partial charge in [0.25, 0.3) is 0 Å². The molecule has 4 rings (SSSR count). The van der Waals surface area contributed by atoms with Gasteiger partial charge in [-0.25, -0.2) is 0 Å². The zero-order chi connectivity index (χ0) is 22.1. The van der Waals surface area contributed by atoms with E-state index < -0.39 is 0 Å². The van der Waals surface area contributed by atoms with Crippen LogP contribution in [-0.2, 0) is 0 Å². The average molecular weight is 429 g/mol. The SMILES string of the molecule is Cc1cc([C@@H](C)Nc2cccc(Cl)c2C#N)c2oc(-c3ccccc3)c(C)c(=O)c2c1. The van der Waals surface area contributed by atoms with Crippen molar-refractivity contribution in [3.8, 4) is 17.4 Å². The van der Waals surface area contributed by atoms with E-state index in [1.54, 1.807) is 19.1 Å². The maximum atomic E-state index is 13.2. The van der Waals surface area contributed by atoms with Gasteiger partial charge in [0.05, 0.1) is 27.7 Å². The molecule has 0 unspecified atom stereocenters. The summed E-state index contributed by atoms with van der Waals surface area (Å²) in [5.41, 5.74) is 4.75. The van der Waals surface area contributed by atoms with Crippen molar-refractivity contribution < 1.29 is 4.42 Å². The number of hydrogen-bond donors (Lipinski definition) is 1. The van der Waals surface area contributed by atoms with Crippen LogP contribution >= 0.6 is 11.6 Å². The predicted molar refractivity (Wildman–Crippen MR) is 126 cm³/mol. The Labute approximate surface area is 185 Å². The first kappa shape index (κ1) is 20.7. The van der Waals surface area contributed by atoms with Crippen LogP contribution in [0.15, 0.2) is 69.9 Å². The molecule has 0 spiro atoms. The van der Waals surface area contributed by atoms with Gasteiger partial charge in [0.1, 0.15) is 17.4 Å². The standard InChI is InChI=1S/C26H21ClN2O2/c1-15-12-19(17(3)29-23-11-7-10-22(27)21(23)14-28)26-20(13-15)24(30)16(2)25(31-26)18-8-5-4-6-9-18/h4-13,17,29H,1-3H3/t17-/m1/s1. The highest BCUT2D eigenvalue weighted by atomic mass is 35.5. The third kappa shape index (κ3) is 3.81. The topological polar surface area (TPSA) is 66.0 Å². The lowest BCUT2D eigenvalue weighted by Crippen LogP contribution is -2.13. The highest BCUT2D eigenvalue weighted by Crippen LogP contribution is 2.33. The lowest BCUT2D eigenvalue weighted by molar-refractivity contribution is 0.605. The second-order valence-electron chi connectivity index (χ2n) is 7.62. The van der Waals surface area contributed by atoms with E-state index in [9.17, 15) is 10.1 Å². The highest BCUT2D eigenvalue weighted by Gasteiger charge is 2.19. The molecule has 31 heavy (non-hydrogen) atoms. The fourth-order valence-electron chi connectivity index (χ4n) is 3.82. The largest absolute Gasteiger partial charge is 0.455 e. The molecule has 0 saturated carbocycles. The van der Waals surface area contributed by atoms with Crippen LogP contribution < -0.4 is 10.7 Å². The number of nitriles is 1. The Hall–Kier alpha value is -3.55. The van der Waals surface area contributed by atoms with E-state index in [4.69, 9.17) is 16.0 Å². The molecule has 1 N–H and O–H groups in total. The summed E-state index contributed by atoms with van der Waals surface area (Å²) < 4.78 is 6.35. The average Bonchev–Trinajstić information content (AvgIpc) is 2.77. The zero-order valence-electron chi connectivity index (χ0n) is 17.5. The molecule has 0 bridgehead atoms. The van der Waals surface area contributed by atoms with Crippen LogP contribution in [0.25, 0.3) is 22.3 Å². The molecule has 0 saturated heterocycles. The second kappa shape index (κ2) is 8.29. The molecule has 1 atom stereocenters. The number of halogens is 1. The first-order valence-corrected chi connectivity index (χ1v) is 10.4. The summed E-state index contributed by atoms with van der Waals surface area (Å²) in [4.78, 5) is 13.2. The Bertz CT molecular complexity index is 1380. The number of aryl methyl sites for hydroxylation is 1. The third-order valence-corrected chi connectivity index (χ3v) is 5.71. The Morgan fingerprint density at radius 3 is 2.52 bits per heavy atom. The van der Waals surface area contributed by atoms with Gasteiger partial charge in [-0.2, -0.15) is 5.26 Å². The lowest BCUT2D eigenvalue weighted by Gasteiger charge is -2.19. The summed E-state index contributed by atoms with van der Waals surface area (Å²) in [5, 5.41) is 13.8. The van der Waals surface area contributed by atoms with Crippen LogP contribution in [0, 0.1) is 25.2 Å². The summed E-state index contributed by atoms with van der Waals surface area (Å²) in [6.07, 6.45) is 0. The van der Waals surface area contributed by atoms with Gasteiger partial charge in [-0.05, 0) is 44.5 Å². The number of rotatable bonds is 4. The summed E-state index contributed by atoms with van der Waals surface area (Å²) in [6.45, 7) is 5.72. The van der Waals surface area contributed by atoms with E-state index in [2.05, 4.69) is 11.4 Å². The number of hydrogen-bond acceptors (Lipinski definition) is 4. The minimum Gasteiger partial charge on any atom is -0.455 e. The van der Waals surface area contributed by atoms with Gasteiger partial charge in [-0.3, -0.25) is 4.79 Å². The van der Waals surface area contributed by atoms with Crippen molar-refractivity contribution >= 4 is 28.3 Å². The third-order valence-electron chi connectivity index (χ3n) is 5.39. The van der Waals surface area contributed by atoms with Crippen LogP contribution in [0.4, 0.5) is 5.69 Å². The zero-order valence-corrected chi connectivity index (χ0v) is 18.2. The van der Waals surface area contributed by atoms with Crippen molar-refractivity contribution in [3.63, 3.8) is 0 Å². The van der Waals surface area contributed by atoms with E-state index in [1.165, 1.54) is 0 Å². The smallest absolute Gasteiger partial charge is 0.196 e. The number of nitrogens with zero attached hydrogens (tertiary/aromatic N) is 1. The van der Waals surface area contributed by atoms with Gasteiger partial charge in [0.15, 0.2) is 5.43 Å². The Morgan fingerprint density at radius 1 is 1.06 bits per heavy atom. The molecule has 0 fully saturated rings. The van der Waals surface area contributed by atoms with Crippen molar-refractivity contribution in [2.45, 2.75) is 26.8 Å². The summed E-state index contributed by atoms with van der Waals surface area (Å²) in [6, 6.07) is 20.7. The van der Waals surface area contributed by atoms with Gasteiger partial charge >= 0.3 is 0 Å². The number of nitrogens with one attached hydrogen (secondary N) is 1. The normalized spacial score (nSPS) is 11.8. The molecule has 4 aromatic rings. The van der Waals surface area contributed by atoms with Crippen LogP contribution in [0.1, 0.15) is 35.2 Å². The molecule has 154 valence electrons. The van der Waals surface area contributed by atoms with E-state index in [0.717, 1.165) is 16.7 Å². The van der Waals surface area contributed by atoms with Crippen LogP contribution in [0.2, 0.25) is 5.02 Å². The van der Waals surface area contributed by atoms with E-state index in [0.29, 0.717) is 38.6 Å². The van der Waals surface area contributed by atoms with Crippen molar-refractivity contribution in [2.75, 3.05) is 5.32 Å². The number of benzene rings is 3. The fourth-order valence-corrected chi connectivity index (χ4v) is 4.04. The first-order chi connectivity index (χ1) is 14.9. The minimum absolute atomic E-state index is 0.0438. The van der Waals surface area contributed by atoms with Gasteiger partial charge < -0.3 is 9.73 Å². The Balaban J connectivity index is 1.90. The molecule has 0 aliphatic rings. The van der Waals surface area contributed by atoms with Gasteiger partial charge in [-0.1, -0.05) is 54.1 Å². The molecule has 0 aliphatic carbocycles. The Kier molecular flexibility index (Phi) is 5.54. The van der Waals surface area contributed by atoms with Crippen molar-refractivity contribution in [1.82, 2.24) is 0 Å². The van der Waals surface area contributed by atoms with Gasteiger partial charge in [-0.15, -0.1) is 0 Å². The highest BCUT2D eigenvalue weighted by molar-refractivity contribution is 6.32. The van der Waals surface area contributed by atoms with Crippen molar-refractivity contribution in [2.24, 2.45) is 0 Å². The summed E-state index contributed by atoms with van der Waals surface area (Å²) in [7, 11) is 0. The van der Waals surface area contributed by atoms with Crippen LogP contribution in [-0.4, -0.2) is 0 Å². The number of anilines is 1. The molecule has 1 heterocycles. The van der Waals surface area contributed by atoms with Crippen molar-refractivity contribution in [1.29, 1.82) is 5.26 Å². The molecule has 0 aliphatic heterocycles. The van der Waals surface area contributed by atoms with Crippen LogP contribution in [0.5, 0.6) is 0 Å². The van der Waals surface area contributed by atoms with E-state index >= 15 is 0 Å². The molecule has 3 aromatic carbocycles. The maximum absolute atomic E-state index is 13.2. The Morgan fingerprint density at radius 2 is 1.81 bits per heavy atom. The maximum Gasteiger partial charge on any atom is 0.196 e. The quantitative estimate of drug-likeness (QED) is 0.389. The predicted octanol–water partition coefficient (Wildman–Crippen LogP) is 6.78. The molecule has 5 heteroatoms. The summed E-state index contributed by atoms with van der Waals surface area (Å²) in [5.74, 6) is 0.566. The van der Waals surface area contributed by atoms with E-state index in [1.807, 2.05) is 62.4 Å². The van der Waals surface area contributed by atoms with Gasteiger partial charge in [0, 0.05) is 16.7 Å². The lowest BCUT2D eigenvalue weighted by atomic mass is 9.98. The summed E-state index contributed by atoms with van der Waals surface area (Å²) >= 11 is 6.18. The van der Waals surface area contributed by atoms with Gasteiger partial charge in [0.2, 0.25) is 0 Å². The monoisotopic (exact) mass is 428 g/mol. The molecule has 0 amide bonds. The molecule has 1 aromatic heterocycles. The molecular weight excluding hydrogens is 408 g/mol. The first-order valence-electron chi connectivity index (χ1n) is 9.99. The fraction of sp³-hybridized carbons (Fsp3) is 0.154. The number of fused-ring (bicyclic) bond motifs is 1. The molecule has 4 nitrogen and oxygen atoms in total. The second-order valence-corrected chi connectivity index (χ2v) is 8.03. The van der Waals surface area contributed by atoms with E-state index in [-0.39, 0.29) is 11.5 Å². The molecular formula is C26H21ClN2O2. The van der Waals surface area contributed by atoms with Crippen molar-refractivity contribution in [3.05, 3.63) is 98.2 Å². The minimum atomic E-state index is -0.234.